The van der Waals surface area contributed by atoms with Gasteiger partial charge in [-0.3, -0.25) is 4.79 Å². The SMILES string of the molecule is C[C@@H]1CNCCN1C(=O)CCNS(=O)(=O)c1ccccc1F.Cl. The maximum atomic E-state index is 13.5. The van der Waals surface area contributed by atoms with Gasteiger partial charge in [-0.05, 0) is 19.1 Å². The number of nitrogens with one attached hydrogen (secondary N) is 2. The molecule has 0 saturated carbocycles. The Balaban J connectivity index is 0.00000264. The number of amides is 1. The average molecular weight is 366 g/mol. The average Bonchev–Trinajstić information content (AvgIpc) is 2.47. The van der Waals surface area contributed by atoms with E-state index in [1.807, 2.05) is 6.92 Å². The van der Waals surface area contributed by atoms with Gasteiger partial charge < -0.3 is 10.2 Å². The van der Waals surface area contributed by atoms with E-state index in [9.17, 15) is 17.6 Å². The minimum absolute atomic E-state index is 0. The Bertz CT molecular complexity index is 642. The number of benzene rings is 1. The first-order valence-corrected chi connectivity index (χ1v) is 8.64. The van der Waals surface area contributed by atoms with Gasteiger partial charge >= 0.3 is 0 Å². The zero-order valence-corrected chi connectivity index (χ0v) is 14.4. The predicted molar refractivity (Wildman–Crippen MR) is 87.5 cm³/mol. The summed E-state index contributed by atoms with van der Waals surface area (Å²) < 4.78 is 39.8. The first kappa shape index (κ1) is 19.8. The summed E-state index contributed by atoms with van der Waals surface area (Å²) in [6.45, 7) is 3.96. The van der Waals surface area contributed by atoms with Crippen molar-refractivity contribution in [3.05, 3.63) is 30.1 Å². The van der Waals surface area contributed by atoms with E-state index in [1.165, 1.54) is 18.2 Å². The highest BCUT2D eigenvalue weighted by atomic mass is 35.5. The van der Waals surface area contributed by atoms with Gasteiger partial charge in [0.1, 0.15) is 10.7 Å². The van der Waals surface area contributed by atoms with E-state index in [2.05, 4.69) is 10.0 Å². The van der Waals surface area contributed by atoms with Crippen LogP contribution in [-0.4, -0.2) is 51.4 Å². The Morgan fingerprint density at radius 1 is 1.43 bits per heavy atom. The van der Waals surface area contributed by atoms with Crippen LogP contribution in [0.25, 0.3) is 0 Å². The third kappa shape index (κ3) is 5.13. The summed E-state index contributed by atoms with van der Waals surface area (Å²) in [5.41, 5.74) is 0. The van der Waals surface area contributed by atoms with E-state index < -0.39 is 20.7 Å². The molecule has 1 atom stereocenters. The number of carbonyl (C=O) groups excluding carboxylic acids is 1. The summed E-state index contributed by atoms with van der Waals surface area (Å²) in [4.78, 5) is 13.4. The van der Waals surface area contributed by atoms with Crippen LogP contribution in [0.3, 0.4) is 0 Å². The molecule has 23 heavy (non-hydrogen) atoms. The molecule has 6 nitrogen and oxygen atoms in total. The molecule has 1 saturated heterocycles. The van der Waals surface area contributed by atoms with E-state index >= 15 is 0 Å². The minimum Gasteiger partial charge on any atom is -0.337 e. The molecule has 1 heterocycles. The lowest BCUT2D eigenvalue weighted by atomic mass is 10.2. The lowest BCUT2D eigenvalue weighted by molar-refractivity contribution is -0.133. The highest BCUT2D eigenvalue weighted by molar-refractivity contribution is 7.89. The zero-order chi connectivity index (χ0) is 16.2. The van der Waals surface area contributed by atoms with Crippen molar-refractivity contribution in [3.63, 3.8) is 0 Å². The zero-order valence-electron chi connectivity index (χ0n) is 12.8. The molecule has 1 fully saturated rings. The second kappa shape index (κ2) is 8.58. The van der Waals surface area contributed by atoms with Crippen molar-refractivity contribution < 1.29 is 17.6 Å². The third-order valence-corrected chi connectivity index (χ3v) is 5.07. The standard InChI is InChI=1S/C14H20FN3O3S.ClH/c1-11-10-16-8-9-18(11)14(19)6-7-17-22(20,21)13-5-3-2-4-12(13)15;/h2-5,11,16-17H,6-10H2,1H3;1H/t11-;/m1./s1. The molecule has 1 aromatic carbocycles. The van der Waals surface area contributed by atoms with Crippen molar-refractivity contribution in [3.8, 4) is 0 Å². The molecule has 0 aromatic heterocycles. The van der Waals surface area contributed by atoms with E-state index in [0.29, 0.717) is 6.54 Å². The fourth-order valence-electron chi connectivity index (χ4n) is 2.39. The van der Waals surface area contributed by atoms with Crippen LogP contribution >= 0.6 is 12.4 Å². The van der Waals surface area contributed by atoms with Crippen LogP contribution in [0.2, 0.25) is 0 Å². The maximum Gasteiger partial charge on any atom is 0.243 e. The molecule has 0 bridgehead atoms. The normalized spacial score (nSPS) is 18.3. The van der Waals surface area contributed by atoms with Crippen LogP contribution in [0, 0.1) is 5.82 Å². The predicted octanol–water partition coefficient (Wildman–Crippen LogP) is 0.736. The largest absolute Gasteiger partial charge is 0.337 e. The molecular formula is C14H21ClFN3O3S. The lowest BCUT2D eigenvalue weighted by Gasteiger charge is -2.34. The van der Waals surface area contributed by atoms with Crippen molar-refractivity contribution in [2.24, 2.45) is 0 Å². The van der Waals surface area contributed by atoms with Crippen molar-refractivity contribution in [1.82, 2.24) is 14.9 Å². The maximum absolute atomic E-state index is 13.5. The lowest BCUT2D eigenvalue weighted by Crippen LogP contribution is -2.52. The molecule has 0 radical (unpaired) electrons. The minimum atomic E-state index is -3.94. The fourth-order valence-corrected chi connectivity index (χ4v) is 3.50. The van der Waals surface area contributed by atoms with Gasteiger partial charge in [-0.25, -0.2) is 17.5 Å². The smallest absolute Gasteiger partial charge is 0.243 e. The Labute approximate surface area is 141 Å². The number of carbonyl (C=O) groups is 1. The molecule has 1 amide bonds. The van der Waals surface area contributed by atoms with Crippen LogP contribution < -0.4 is 10.0 Å². The number of hydrogen-bond acceptors (Lipinski definition) is 4. The molecule has 1 aliphatic rings. The molecule has 1 aromatic rings. The van der Waals surface area contributed by atoms with Gasteiger partial charge in [0.05, 0.1) is 0 Å². The number of piperazine rings is 1. The molecule has 1 aliphatic heterocycles. The molecule has 130 valence electrons. The summed E-state index contributed by atoms with van der Waals surface area (Å²) >= 11 is 0. The Morgan fingerprint density at radius 3 is 2.78 bits per heavy atom. The van der Waals surface area contributed by atoms with Crippen LogP contribution in [-0.2, 0) is 14.8 Å². The second-order valence-electron chi connectivity index (χ2n) is 5.22. The highest BCUT2D eigenvalue weighted by Gasteiger charge is 2.23. The molecule has 0 unspecified atom stereocenters. The molecule has 2 N–H and O–H groups in total. The van der Waals surface area contributed by atoms with Gasteiger partial charge in [0.2, 0.25) is 15.9 Å². The van der Waals surface area contributed by atoms with Crippen molar-refractivity contribution in [1.29, 1.82) is 0 Å². The molecule has 9 heteroatoms. The fraction of sp³-hybridized carbons (Fsp3) is 0.500. The summed E-state index contributed by atoms with van der Waals surface area (Å²) in [6, 6.07) is 5.24. The number of hydrogen-bond donors (Lipinski definition) is 2. The summed E-state index contributed by atoms with van der Waals surface area (Å²) in [7, 11) is -3.94. The van der Waals surface area contributed by atoms with Gasteiger partial charge in [0, 0.05) is 38.6 Å². The van der Waals surface area contributed by atoms with Crippen LogP contribution in [0.15, 0.2) is 29.2 Å². The first-order valence-electron chi connectivity index (χ1n) is 7.16. The summed E-state index contributed by atoms with van der Waals surface area (Å²) in [5.74, 6) is -0.915. The first-order chi connectivity index (χ1) is 10.4. The Hall–Kier alpha value is -1.22. The highest BCUT2D eigenvalue weighted by Crippen LogP contribution is 2.13. The van der Waals surface area contributed by atoms with Gasteiger partial charge in [0.25, 0.3) is 0 Å². The topological polar surface area (TPSA) is 78.5 Å². The molecule has 2 rings (SSSR count). The number of halogens is 2. The Kier molecular flexibility index (Phi) is 7.40. The van der Waals surface area contributed by atoms with Gasteiger partial charge in [-0.1, -0.05) is 12.1 Å². The van der Waals surface area contributed by atoms with Crippen LogP contribution in [0.4, 0.5) is 4.39 Å². The van der Waals surface area contributed by atoms with Gasteiger partial charge in [-0.2, -0.15) is 0 Å². The van der Waals surface area contributed by atoms with Gasteiger partial charge in [-0.15, -0.1) is 12.4 Å². The van der Waals surface area contributed by atoms with Crippen molar-refractivity contribution >= 4 is 28.3 Å². The number of sulfonamides is 1. The van der Waals surface area contributed by atoms with Crippen LogP contribution in [0.1, 0.15) is 13.3 Å². The van der Waals surface area contributed by atoms with E-state index in [4.69, 9.17) is 0 Å². The monoisotopic (exact) mass is 365 g/mol. The van der Waals surface area contributed by atoms with E-state index in [1.54, 1.807) is 4.90 Å². The Morgan fingerprint density at radius 2 is 2.13 bits per heavy atom. The number of nitrogens with zero attached hydrogens (tertiary/aromatic N) is 1. The number of rotatable bonds is 5. The van der Waals surface area contributed by atoms with E-state index in [0.717, 1.165) is 19.2 Å². The molecule has 0 aliphatic carbocycles. The second-order valence-corrected chi connectivity index (χ2v) is 6.95. The molecular weight excluding hydrogens is 345 g/mol. The van der Waals surface area contributed by atoms with Crippen molar-refractivity contribution in [2.75, 3.05) is 26.2 Å². The third-order valence-electron chi connectivity index (χ3n) is 3.58. The summed E-state index contributed by atoms with van der Waals surface area (Å²) in [6.07, 6.45) is 0.0536. The van der Waals surface area contributed by atoms with Crippen LogP contribution in [0.5, 0.6) is 0 Å². The summed E-state index contributed by atoms with van der Waals surface area (Å²) in [5, 5.41) is 3.18. The quantitative estimate of drug-likeness (QED) is 0.806. The van der Waals surface area contributed by atoms with E-state index in [-0.39, 0.29) is 37.3 Å². The van der Waals surface area contributed by atoms with Gasteiger partial charge in [0.15, 0.2) is 0 Å². The molecule has 0 spiro atoms. The van der Waals surface area contributed by atoms with Crippen molar-refractivity contribution in [2.45, 2.75) is 24.3 Å².